The topological polar surface area (TPSA) is 16.4 Å². The Balaban J connectivity index is 1.27. The number of rotatable bonds is 6. The summed E-state index contributed by atoms with van der Waals surface area (Å²) in [6, 6.07) is 67.5. The van der Waals surface area contributed by atoms with Crippen molar-refractivity contribution in [1.29, 1.82) is 0 Å². The second-order valence-corrected chi connectivity index (χ2v) is 14.0. The average Bonchev–Trinajstić information content (AvgIpc) is 3.76. The van der Waals surface area contributed by atoms with Crippen molar-refractivity contribution in [2.75, 3.05) is 4.90 Å². The molecule has 0 radical (unpaired) electrons. The summed E-state index contributed by atoms with van der Waals surface area (Å²) in [6.45, 7) is 0. The van der Waals surface area contributed by atoms with Crippen LogP contribution in [-0.2, 0) is 0 Å². The third-order valence-corrected chi connectivity index (χ3v) is 11.0. The van der Waals surface area contributed by atoms with E-state index in [1.807, 2.05) is 23.5 Å². The lowest BCUT2D eigenvalue weighted by molar-refractivity contribution is 0.669. The van der Waals surface area contributed by atoms with Crippen LogP contribution in [0.15, 0.2) is 192 Å². The third kappa shape index (κ3) is 5.10. The second kappa shape index (κ2) is 12.2. The van der Waals surface area contributed by atoms with Gasteiger partial charge in [-0.1, -0.05) is 127 Å². The Labute approximate surface area is 300 Å². The molecule has 0 fully saturated rings. The van der Waals surface area contributed by atoms with Crippen molar-refractivity contribution >= 4 is 70.5 Å². The summed E-state index contributed by atoms with van der Waals surface area (Å²) in [5.74, 6) is 0. The van der Waals surface area contributed by atoms with Gasteiger partial charge in [-0.05, 0) is 88.5 Å². The first-order valence-electron chi connectivity index (χ1n) is 17.3. The summed E-state index contributed by atoms with van der Waals surface area (Å²) < 4.78 is 9.05. The van der Waals surface area contributed by atoms with E-state index in [1.165, 1.54) is 31.3 Å². The lowest BCUT2D eigenvalue weighted by Crippen LogP contribution is -2.12. The molecule has 0 N–H and O–H groups in total. The van der Waals surface area contributed by atoms with E-state index in [0.29, 0.717) is 0 Å². The van der Waals surface area contributed by atoms with Gasteiger partial charge in [0.1, 0.15) is 11.2 Å². The molecule has 2 heterocycles. The SMILES string of the molecule is c1ccc(-c2cccc(N(c3ccc4sc5ccccc5c4c3)c3cccc(-c4ccccc4)c3-c3ccc4c(c3)oc3ccccc34)c2)cc1. The van der Waals surface area contributed by atoms with E-state index in [2.05, 4.69) is 181 Å². The molecule has 0 atom stereocenters. The van der Waals surface area contributed by atoms with Crippen LogP contribution in [0.25, 0.3) is 75.5 Å². The highest BCUT2D eigenvalue weighted by Gasteiger charge is 2.23. The number of hydrogen-bond donors (Lipinski definition) is 0. The first-order chi connectivity index (χ1) is 25.3. The van der Waals surface area contributed by atoms with Crippen molar-refractivity contribution in [3.8, 4) is 33.4 Å². The van der Waals surface area contributed by atoms with Gasteiger partial charge in [0.15, 0.2) is 0 Å². The highest BCUT2D eigenvalue weighted by Crippen LogP contribution is 2.48. The highest BCUT2D eigenvalue weighted by atomic mass is 32.1. The molecule has 3 heteroatoms. The van der Waals surface area contributed by atoms with E-state index >= 15 is 0 Å². The lowest BCUT2D eigenvalue weighted by atomic mass is 9.91. The summed E-state index contributed by atoms with van der Waals surface area (Å²) in [5.41, 5.74) is 12.0. The molecule has 0 saturated heterocycles. The van der Waals surface area contributed by atoms with Crippen molar-refractivity contribution in [2.45, 2.75) is 0 Å². The van der Waals surface area contributed by atoms with Crippen molar-refractivity contribution in [1.82, 2.24) is 0 Å². The fraction of sp³-hybridized carbons (Fsp3) is 0. The Morgan fingerprint density at radius 1 is 0.373 bits per heavy atom. The van der Waals surface area contributed by atoms with Gasteiger partial charge in [0.25, 0.3) is 0 Å². The number of anilines is 3. The van der Waals surface area contributed by atoms with Gasteiger partial charge in [-0.3, -0.25) is 0 Å². The predicted octanol–water partition coefficient (Wildman–Crippen LogP) is 14.4. The average molecular weight is 670 g/mol. The smallest absolute Gasteiger partial charge is 0.136 e. The normalized spacial score (nSPS) is 11.5. The molecule has 240 valence electrons. The molecule has 10 rings (SSSR count). The number of nitrogens with zero attached hydrogens (tertiary/aromatic N) is 1. The van der Waals surface area contributed by atoms with Gasteiger partial charge in [-0.2, -0.15) is 0 Å². The number of thiophene rings is 1. The second-order valence-electron chi connectivity index (χ2n) is 12.9. The van der Waals surface area contributed by atoms with Crippen LogP contribution < -0.4 is 4.90 Å². The van der Waals surface area contributed by atoms with Gasteiger partial charge in [-0.15, -0.1) is 11.3 Å². The summed E-state index contributed by atoms with van der Waals surface area (Å²) in [6.07, 6.45) is 0. The molecular formula is C48H31NOS. The maximum atomic E-state index is 6.46. The van der Waals surface area contributed by atoms with Gasteiger partial charge in [-0.25, -0.2) is 0 Å². The minimum Gasteiger partial charge on any atom is -0.456 e. The van der Waals surface area contributed by atoms with Crippen LogP contribution in [0.1, 0.15) is 0 Å². The lowest BCUT2D eigenvalue weighted by Gasteiger charge is -2.30. The number of hydrogen-bond acceptors (Lipinski definition) is 3. The zero-order valence-electron chi connectivity index (χ0n) is 27.7. The van der Waals surface area contributed by atoms with Gasteiger partial charge < -0.3 is 9.32 Å². The minimum absolute atomic E-state index is 0.881. The monoisotopic (exact) mass is 669 g/mol. The molecule has 0 spiro atoms. The maximum absolute atomic E-state index is 6.46. The van der Waals surface area contributed by atoms with Gasteiger partial charge in [0.2, 0.25) is 0 Å². The zero-order valence-corrected chi connectivity index (χ0v) is 28.5. The number of furan rings is 1. The van der Waals surface area contributed by atoms with Crippen LogP contribution in [0.3, 0.4) is 0 Å². The van der Waals surface area contributed by atoms with E-state index in [1.54, 1.807) is 0 Å². The zero-order chi connectivity index (χ0) is 33.7. The molecule has 8 aromatic carbocycles. The Kier molecular flexibility index (Phi) is 7.04. The molecule has 0 amide bonds. The summed E-state index contributed by atoms with van der Waals surface area (Å²) in [4.78, 5) is 2.43. The predicted molar refractivity (Wildman–Crippen MR) is 218 cm³/mol. The van der Waals surface area contributed by atoms with Crippen LogP contribution in [0, 0.1) is 0 Å². The van der Waals surface area contributed by atoms with E-state index in [4.69, 9.17) is 4.42 Å². The molecule has 0 aliphatic carbocycles. The van der Waals surface area contributed by atoms with Crippen molar-refractivity contribution in [3.05, 3.63) is 188 Å². The van der Waals surface area contributed by atoms with E-state index < -0.39 is 0 Å². The van der Waals surface area contributed by atoms with E-state index in [-0.39, 0.29) is 0 Å². The summed E-state index contributed by atoms with van der Waals surface area (Å²) in [7, 11) is 0. The molecule has 0 aliphatic rings. The van der Waals surface area contributed by atoms with Crippen LogP contribution in [-0.4, -0.2) is 0 Å². The first kappa shape index (κ1) is 29.5. The standard InChI is InChI=1S/C48H31NOS/c1-3-13-32(14-4-1)34-17-11-18-36(29-34)49(37-26-28-47-42(31-37)41-20-8-10-24-46(41)51-47)43-22-12-21-38(33-15-5-2-6-16-33)48(43)35-25-27-40-39-19-7-9-23-44(39)50-45(40)30-35/h1-31H. The minimum atomic E-state index is 0.881. The molecule has 0 saturated carbocycles. The van der Waals surface area contributed by atoms with Crippen molar-refractivity contribution in [3.63, 3.8) is 0 Å². The Hall–Kier alpha value is -6.42. The fourth-order valence-electron chi connectivity index (χ4n) is 7.51. The van der Waals surface area contributed by atoms with Crippen molar-refractivity contribution in [2.24, 2.45) is 0 Å². The summed E-state index contributed by atoms with van der Waals surface area (Å²) in [5, 5.41) is 4.80. The Morgan fingerprint density at radius 3 is 1.90 bits per heavy atom. The van der Waals surface area contributed by atoms with Crippen LogP contribution in [0.2, 0.25) is 0 Å². The van der Waals surface area contributed by atoms with E-state index in [0.717, 1.165) is 61.3 Å². The fourth-order valence-corrected chi connectivity index (χ4v) is 8.59. The van der Waals surface area contributed by atoms with Crippen molar-refractivity contribution < 1.29 is 4.42 Å². The Bertz CT molecular complexity index is 2870. The first-order valence-corrected chi connectivity index (χ1v) is 18.1. The van der Waals surface area contributed by atoms with Gasteiger partial charge in [0.05, 0.1) is 5.69 Å². The number of fused-ring (bicyclic) bond motifs is 6. The molecule has 0 aliphatic heterocycles. The molecule has 0 bridgehead atoms. The van der Waals surface area contributed by atoms with E-state index in [9.17, 15) is 0 Å². The maximum Gasteiger partial charge on any atom is 0.136 e. The van der Waals surface area contributed by atoms with Gasteiger partial charge in [0, 0.05) is 47.9 Å². The van der Waals surface area contributed by atoms with Crippen LogP contribution >= 0.6 is 11.3 Å². The third-order valence-electron chi connectivity index (χ3n) is 9.87. The molecule has 10 aromatic rings. The molecule has 2 nitrogen and oxygen atoms in total. The molecule has 51 heavy (non-hydrogen) atoms. The van der Waals surface area contributed by atoms with Crippen LogP contribution in [0.4, 0.5) is 17.1 Å². The largest absolute Gasteiger partial charge is 0.456 e. The molecule has 0 unspecified atom stereocenters. The number of benzene rings is 8. The molecule has 2 aromatic heterocycles. The van der Waals surface area contributed by atoms with Crippen LogP contribution in [0.5, 0.6) is 0 Å². The molecular weight excluding hydrogens is 639 g/mol. The quantitative estimate of drug-likeness (QED) is 0.175. The Morgan fingerprint density at radius 2 is 1.04 bits per heavy atom. The number of para-hydroxylation sites is 1. The summed E-state index contributed by atoms with van der Waals surface area (Å²) >= 11 is 1.85. The highest BCUT2D eigenvalue weighted by molar-refractivity contribution is 7.25. The van der Waals surface area contributed by atoms with Gasteiger partial charge >= 0.3 is 0 Å².